The molecule has 0 bridgehead atoms. The summed E-state index contributed by atoms with van der Waals surface area (Å²) in [5.41, 5.74) is 0.676. The third-order valence-corrected chi connectivity index (χ3v) is 7.72. The highest BCUT2D eigenvalue weighted by atomic mass is 16.5. The fraction of sp³-hybridized carbons (Fsp3) is 0.571. The standard InChI is InChI=1S/C28H39N7O4/c1-21-7-9-35(10-8-21)27-23(30-28(37)24-5-3-22(39-24)19-29-2)4-6-25(31-27)33-13-11-32(12-14-33)20-26(36)34-15-17-38-18-16-34/h3-6,19,21H,7-18,20H2,1-2H3,(H,30,37). The van der Waals surface area contributed by atoms with E-state index in [1.165, 1.54) is 0 Å². The molecule has 11 heteroatoms. The van der Waals surface area contributed by atoms with Crippen molar-refractivity contribution in [3.05, 3.63) is 35.8 Å². The summed E-state index contributed by atoms with van der Waals surface area (Å²) in [6, 6.07) is 7.29. The quantitative estimate of drug-likeness (QED) is 0.536. The molecule has 0 atom stereocenters. The van der Waals surface area contributed by atoms with Crippen LogP contribution in [0.15, 0.2) is 33.7 Å². The zero-order valence-corrected chi connectivity index (χ0v) is 23.0. The predicted molar refractivity (Wildman–Crippen MR) is 151 cm³/mol. The number of amides is 2. The molecule has 5 rings (SSSR count). The van der Waals surface area contributed by atoms with Crippen molar-refractivity contribution in [2.45, 2.75) is 19.8 Å². The van der Waals surface area contributed by atoms with Crippen molar-refractivity contribution < 1.29 is 18.7 Å². The predicted octanol–water partition coefficient (Wildman–Crippen LogP) is 2.19. The average Bonchev–Trinajstić information content (AvgIpc) is 3.44. The van der Waals surface area contributed by atoms with Gasteiger partial charge in [0.25, 0.3) is 5.91 Å². The minimum atomic E-state index is -0.314. The monoisotopic (exact) mass is 537 g/mol. The maximum atomic E-state index is 13.0. The summed E-state index contributed by atoms with van der Waals surface area (Å²) in [6.07, 6.45) is 3.76. The Labute approximate surface area is 229 Å². The van der Waals surface area contributed by atoms with Gasteiger partial charge in [0, 0.05) is 59.4 Å². The number of nitrogens with one attached hydrogen (secondary N) is 1. The molecule has 0 radical (unpaired) electrons. The Balaban J connectivity index is 1.26. The van der Waals surface area contributed by atoms with E-state index >= 15 is 0 Å². The molecular weight excluding hydrogens is 498 g/mol. The van der Waals surface area contributed by atoms with Gasteiger partial charge in [0.05, 0.1) is 31.7 Å². The summed E-state index contributed by atoms with van der Waals surface area (Å²) >= 11 is 0. The number of carbonyl (C=O) groups is 2. The molecule has 3 saturated heterocycles. The number of aliphatic imine (C=N–C) groups is 1. The Morgan fingerprint density at radius 3 is 2.46 bits per heavy atom. The lowest BCUT2D eigenvalue weighted by Crippen LogP contribution is -2.51. The summed E-state index contributed by atoms with van der Waals surface area (Å²) in [6.45, 7) is 10.3. The summed E-state index contributed by atoms with van der Waals surface area (Å²) < 4.78 is 11.0. The highest BCUT2D eigenvalue weighted by molar-refractivity contribution is 6.04. The van der Waals surface area contributed by atoms with E-state index in [4.69, 9.17) is 14.1 Å². The van der Waals surface area contributed by atoms with E-state index < -0.39 is 0 Å². The molecule has 0 saturated carbocycles. The van der Waals surface area contributed by atoms with Crippen LogP contribution in [0.3, 0.4) is 0 Å². The Kier molecular flexibility index (Phi) is 8.77. The lowest BCUT2D eigenvalue weighted by molar-refractivity contribution is -0.136. The Bertz CT molecular complexity index is 1160. The van der Waals surface area contributed by atoms with E-state index in [0.717, 1.165) is 63.7 Å². The van der Waals surface area contributed by atoms with Crippen LogP contribution in [0.1, 0.15) is 36.1 Å². The fourth-order valence-corrected chi connectivity index (χ4v) is 5.27. The van der Waals surface area contributed by atoms with Crippen molar-refractivity contribution in [3.63, 3.8) is 0 Å². The molecule has 2 aromatic heterocycles. The second-order valence-electron chi connectivity index (χ2n) is 10.5. The summed E-state index contributed by atoms with van der Waals surface area (Å²) in [7, 11) is 1.66. The molecule has 3 aliphatic rings. The third-order valence-electron chi connectivity index (χ3n) is 7.72. The number of aromatic nitrogens is 1. The van der Waals surface area contributed by atoms with Crippen LogP contribution in [0.5, 0.6) is 0 Å². The van der Waals surface area contributed by atoms with E-state index in [1.54, 1.807) is 25.4 Å². The van der Waals surface area contributed by atoms with E-state index in [-0.39, 0.29) is 17.6 Å². The largest absolute Gasteiger partial charge is 0.450 e. The Morgan fingerprint density at radius 1 is 1.00 bits per heavy atom. The van der Waals surface area contributed by atoms with Gasteiger partial charge in [-0.05, 0) is 43.0 Å². The maximum Gasteiger partial charge on any atom is 0.291 e. The zero-order valence-electron chi connectivity index (χ0n) is 23.0. The molecule has 0 aromatic carbocycles. The number of hydrogen-bond donors (Lipinski definition) is 1. The molecule has 2 amide bonds. The smallest absolute Gasteiger partial charge is 0.291 e. The van der Waals surface area contributed by atoms with Crippen molar-refractivity contribution in [2.75, 3.05) is 94.3 Å². The second kappa shape index (κ2) is 12.6. The van der Waals surface area contributed by atoms with Gasteiger partial charge in [0.15, 0.2) is 11.6 Å². The van der Waals surface area contributed by atoms with Crippen LogP contribution >= 0.6 is 0 Å². The van der Waals surface area contributed by atoms with E-state index in [0.29, 0.717) is 50.2 Å². The normalized spacial score (nSPS) is 19.6. The Hall–Kier alpha value is -3.44. The molecular formula is C28H39N7O4. The molecule has 0 aliphatic carbocycles. The maximum absolute atomic E-state index is 13.0. The zero-order chi connectivity index (χ0) is 27.2. The average molecular weight is 538 g/mol. The number of ether oxygens (including phenoxy) is 1. The summed E-state index contributed by atoms with van der Waals surface area (Å²) in [5, 5.41) is 3.02. The van der Waals surface area contributed by atoms with Crippen LogP contribution in [0.4, 0.5) is 17.3 Å². The number of piperazine rings is 1. The number of furan rings is 1. The molecule has 39 heavy (non-hydrogen) atoms. The van der Waals surface area contributed by atoms with Crippen molar-refractivity contribution in [1.82, 2.24) is 14.8 Å². The fourth-order valence-electron chi connectivity index (χ4n) is 5.27. The number of piperidine rings is 1. The first-order valence-corrected chi connectivity index (χ1v) is 13.9. The number of morpholine rings is 1. The first kappa shape index (κ1) is 27.1. The number of pyridine rings is 1. The summed E-state index contributed by atoms with van der Waals surface area (Å²) in [4.78, 5) is 43.3. The van der Waals surface area contributed by atoms with Gasteiger partial charge < -0.3 is 29.2 Å². The van der Waals surface area contributed by atoms with E-state index in [9.17, 15) is 9.59 Å². The molecule has 1 N–H and O–H groups in total. The SMILES string of the molecule is CN=Cc1ccc(C(=O)Nc2ccc(N3CCN(CC(=O)N4CCOCC4)CC3)nc2N2CCC(C)CC2)o1. The van der Waals surface area contributed by atoms with Crippen LogP contribution in [0.2, 0.25) is 0 Å². The molecule has 210 valence electrons. The van der Waals surface area contributed by atoms with Crippen LogP contribution < -0.4 is 15.1 Å². The first-order valence-electron chi connectivity index (χ1n) is 13.9. The summed E-state index contributed by atoms with van der Waals surface area (Å²) in [5.74, 6) is 2.99. The van der Waals surface area contributed by atoms with Gasteiger partial charge in [0.2, 0.25) is 5.91 Å². The molecule has 3 aliphatic heterocycles. The molecule has 0 spiro atoms. The van der Waals surface area contributed by atoms with Gasteiger partial charge in [0.1, 0.15) is 11.6 Å². The van der Waals surface area contributed by atoms with Crippen LogP contribution in [-0.2, 0) is 9.53 Å². The van der Waals surface area contributed by atoms with Crippen molar-refractivity contribution in [2.24, 2.45) is 10.9 Å². The number of rotatable bonds is 7. The number of hydrogen-bond acceptors (Lipinski definition) is 9. The van der Waals surface area contributed by atoms with Crippen molar-refractivity contribution in [1.29, 1.82) is 0 Å². The third kappa shape index (κ3) is 6.77. The molecule has 2 aromatic rings. The molecule has 5 heterocycles. The minimum Gasteiger partial charge on any atom is -0.450 e. The van der Waals surface area contributed by atoms with E-state index in [2.05, 4.69) is 31.9 Å². The van der Waals surface area contributed by atoms with Crippen molar-refractivity contribution >= 4 is 35.4 Å². The molecule has 0 unspecified atom stereocenters. The molecule has 3 fully saturated rings. The van der Waals surface area contributed by atoms with Crippen molar-refractivity contribution in [3.8, 4) is 0 Å². The topological polar surface area (TPSA) is 107 Å². The lowest BCUT2D eigenvalue weighted by Gasteiger charge is -2.37. The van der Waals surface area contributed by atoms with Crippen LogP contribution in [-0.4, -0.2) is 112 Å². The van der Waals surface area contributed by atoms with Crippen LogP contribution in [0, 0.1) is 5.92 Å². The first-order chi connectivity index (χ1) is 19.0. The number of nitrogens with zero attached hydrogens (tertiary/aromatic N) is 6. The van der Waals surface area contributed by atoms with Gasteiger partial charge in [-0.1, -0.05) is 6.92 Å². The van der Waals surface area contributed by atoms with Gasteiger partial charge in [-0.15, -0.1) is 0 Å². The minimum absolute atomic E-state index is 0.178. The highest BCUT2D eigenvalue weighted by Gasteiger charge is 2.26. The van der Waals surface area contributed by atoms with Gasteiger partial charge in [-0.3, -0.25) is 19.5 Å². The highest BCUT2D eigenvalue weighted by Crippen LogP contribution is 2.31. The van der Waals surface area contributed by atoms with E-state index in [1.807, 2.05) is 17.0 Å². The number of anilines is 3. The molecule has 11 nitrogen and oxygen atoms in total. The number of carbonyl (C=O) groups excluding carboxylic acids is 2. The second-order valence-corrected chi connectivity index (χ2v) is 10.5. The van der Waals surface area contributed by atoms with Gasteiger partial charge >= 0.3 is 0 Å². The Morgan fingerprint density at radius 2 is 1.74 bits per heavy atom. The lowest BCUT2D eigenvalue weighted by atomic mass is 9.99. The van der Waals surface area contributed by atoms with Gasteiger partial charge in [-0.2, -0.15) is 0 Å². The van der Waals surface area contributed by atoms with Crippen LogP contribution in [0.25, 0.3) is 0 Å². The van der Waals surface area contributed by atoms with Gasteiger partial charge in [-0.25, -0.2) is 4.98 Å².